The van der Waals surface area contributed by atoms with Crippen LogP contribution in [0, 0.1) is 0 Å². The molecule has 2 heterocycles. The molecule has 1 amide bonds. The molecular weight excluding hydrogens is 434 g/mol. The largest absolute Gasteiger partial charge is 0.573 e. The molecule has 7 nitrogen and oxygen atoms in total. The standard InChI is InChI=1S/C18H12F6N4O3/c19-17(20,21)15-14(30-16(29)26-9-11-2-1-7-25-8-11)10-27-28(15)12-3-5-13(6-4-12)31-18(22,23)24/h1-8,10H,9H2,(H,26,29). The van der Waals surface area contributed by atoms with Gasteiger partial charge in [-0.25, -0.2) is 9.48 Å². The first-order valence-electron chi connectivity index (χ1n) is 8.39. The van der Waals surface area contributed by atoms with E-state index in [-0.39, 0.29) is 12.2 Å². The van der Waals surface area contributed by atoms with Crippen molar-refractivity contribution in [3.63, 3.8) is 0 Å². The maximum atomic E-state index is 13.6. The minimum Gasteiger partial charge on any atom is -0.406 e. The number of nitrogens with one attached hydrogen (secondary N) is 1. The summed E-state index contributed by atoms with van der Waals surface area (Å²) >= 11 is 0. The number of aromatic nitrogens is 3. The van der Waals surface area contributed by atoms with E-state index in [0.717, 1.165) is 24.3 Å². The zero-order valence-corrected chi connectivity index (χ0v) is 15.2. The van der Waals surface area contributed by atoms with Gasteiger partial charge < -0.3 is 14.8 Å². The van der Waals surface area contributed by atoms with E-state index < -0.39 is 35.8 Å². The molecule has 13 heteroatoms. The van der Waals surface area contributed by atoms with Crippen molar-refractivity contribution in [1.29, 1.82) is 0 Å². The van der Waals surface area contributed by atoms with E-state index in [9.17, 15) is 31.1 Å². The Kier molecular flexibility index (Phi) is 6.04. The van der Waals surface area contributed by atoms with Crippen LogP contribution in [0.25, 0.3) is 5.69 Å². The molecule has 2 aromatic heterocycles. The first kappa shape index (κ1) is 21.9. The van der Waals surface area contributed by atoms with Gasteiger partial charge in [0.05, 0.1) is 11.9 Å². The predicted molar refractivity (Wildman–Crippen MR) is 92.3 cm³/mol. The van der Waals surface area contributed by atoms with Gasteiger partial charge in [0.15, 0.2) is 11.4 Å². The molecule has 31 heavy (non-hydrogen) atoms. The van der Waals surface area contributed by atoms with Crippen molar-refractivity contribution in [2.45, 2.75) is 19.1 Å². The van der Waals surface area contributed by atoms with Crippen LogP contribution in [0.2, 0.25) is 0 Å². The van der Waals surface area contributed by atoms with Crippen molar-refractivity contribution < 1.29 is 40.6 Å². The third kappa shape index (κ3) is 5.87. The Bertz CT molecular complexity index is 1030. The number of nitrogens with zero attached hydrogens (tertiary/aromatic N) is 3. The summed E-state index contributed by atoms with van der Waals surface area (Å²) in [7, 11) is 0. The van der Waals surface area contributed by atoms with Crippen LogP contribution in [0.3, 0.4) is 0 Å². The van der Waals surface area contributed by atoms with Crippen molar-refractivity contribution in [2.75, 3.05) is 0 Å². The number of rotatable bonds is 5. The number of hydrogen-bond acceptors (Lipinski definition) is 5. The second-order valence-electron chi connectivity index (χ2n) is 5.91. The third-order valence-electron chi connectivity index (χ3n) is 3.68. The van der Waals surface area contributed by atoms with E-state index in [1.54, 1.807) is 12.1 Å². The number of hydrogen-bond donors (Lipinski definition) is 1. The van der Waals surface area contributed by atoms with Gasteiger partial charge in [0.1, 0.15) is 5.75 Å². The number of carbonyl (C=O) groups is 1. The van der Waals surface area contributed by atoms with Crippen molar-refractivity contribution in [1.82, 2.24) is 20.1 Å². The lowest BCUT2D eigenvalue weighted by atomic mass is 10.3. The molecule has 3 rings (SSSR count). The summed E-state index contributed by atoms with van der Waals surface area (Å²) in [6, 6.07) is 6.78. The van der Waals surface area contributed by atoms with Gasteiger partial charge in [0, 0.05) is 18.9 Å². The normalized spacial score (nSPS) is 11.8. The quantitative estimate of drug-likeness (QED) is 0.585. The Morgan fingerprint density at radius 3 is 2.32 bits per heavy atom. The monoisotopic (exact) mass is 446 g/mol. The fraction of sp³-hybridized carbons (Fsp3) is 0.167. The fourth-order valence-electron chi connectivity index (χ4n) is 2.47. The van der Waals surface area contributed by atoms with Crippen molar-refractivity contribution in [3.8, 4) is 17.2 Å². The Morgan fingerprint density at radius 1 is 1.03 bits per heavy atom. The molecule has 0 saturated carbocycles. The number of alkyl halides is 6. The molecule has 0 atom stereocenters. The molecular formula is C18H12F6N4O3. The number of pyridine rings is 1. The van der Waals surface area contributed by atoms with E-state index in [1.807, 2.05) is 0 Å². The van der Waals surface area contributed by atoms with Gasteiger partial charge in [-0.05, 0) is 35.9 Å². The second kappa shape index (κ2) is 8.53. The smallest absolute Gasteiger partial charge is 0.406 e. The molecule has 0 unspecified atom stereocenters. The van der Waals surface area contributed by atoms with Crippen molar-refractivity contribution in [2.24, 2.45) is 0 Å². The first-order valence-corrected chi connectivity index (χ1v) is 8.39. The van der Waals surface area contributed by atoms with E-state index in [0.29, 0.717) is 16.4 Å². The van der Waals surface area contributed by atoms with Crippen molar-refractivity contribution >= 4 is 6.09 Å². The van der Waals surface area contributed by atoms with Crippen LogP contribution < -0.4 is 14.8 Å². The maximum absolute atomic E-state index is 13.6. The summed E-state index contributed by atoms with van der Waals surface area (Å²) in [6.07, 6.45) is -7.47. The average Bonchev–Trinajstić information content (AvgIpc) is 3.10. The first-order chi connectivity index (χ1) is 14.5. The van der Waals surface area contributed by atoms with E-state index >= 15 is 0 Å². The molecule has 0 aliphatic carbocycles. The average molecular weight is 446 g/mol. The van der Waals surface area contributed by atoms with Gasteiger partial charge in [-0.15, -0.1) is 13.2 Å². The summed E-state index contributed by atoms with van der Waals surface area (Å²) in [5, 5.41) is 5.82. The molecule has 1 N–H and O–H groups in total. The molecule has 164 valence electrons. The molecule has 0 fully saturated rings. The Balaban J connectivity index is 1.79. The van der Waals surface area contributed by atoms with Gasteiger partial charge in [-0.3, -0.25) is 4.98 Å². The van der Waals surface area contributed by atoms with Gasteiger partial charge >= 0.3 is 18.6 Å². The van der Waals surface area contributed by atoms with Gasteiger partial charge in [0.2, 0.25) is 0 Å². The maximum Gasteiger partial charge on any atom is 0.573 e. The van der Waals surface area contributed by atoms with Crippen LogP contribution in [0.4, 0.5) is 31.1 Å². The van der Waals surface area contributed by atoms with E-state index in [1.165, 1.54) is 12.4 Å². The number of halogens is 6. The Morgan fingerprint density at radius 2 is 1.74 bits per heavy atom. The highest BCUT2D eigenvalue weighted by atomic mass is 19.4. The fourth-order valence-corrected chi connectivity index (χ4v) is 2.47. The summed E-state index contributed by atoms with van der Waals surface area (Å²) in [4.78, 5) is 15.7. The van der Waals surface area contributed by atoms with E-state index in [4.69, 9.17) is 4.74 Å². The van der Waals surface area contributed by atoms with Crippen LogP contribution in [0.15, 0.2) is 55.0 Å². The number of carbonyl (C=O) groups excluding carboxylic acids is 1. The van der Waals surface area contributed by atoms with Crippen molar-refractivity contribution in [3.05, 3.63) is 66.2 Å². The summed E-state index contributed by atoms with van der Waals surface area (Å²) < 4.78 is 86.2. The van der Waals surface area contributed by atoms with Gasteiger partial charge in [-0.1, -0.05) is 6.07 Å². The van der Waals surface area contributed by atoms with Crippen LogP contribution in [0.1, 0.15) is 11.3 Å². The van der Waals surface area contributed by atoms with Gasteiger partial charge in [0.25, 0.3) is 0 Å². The minimum absolute atomic E-state index is 0.0389. The zero-order valence-electron chi connectivity index (χ0n) is 15.2. The molecule has 0 radical (unpaired) electrons. The SMILES string of the molecule is O=C(NCc1cccnc1)Oc1cnn(-c2ccc(OC(F)(F)F)cc2)c1C(F)(F)F. The van der Waals surface area contributed by atoms with Crippen LogP contribution in [-0.2, 0) is 12.7 Å². The van der Waals surface area contributed by atoms with E-state index in [2.05, 4.69) is 20.1 Å². The molecule has 0 spiro atoms. The minimum atomic E-state index is -4.99. The second-order valence-corrected chi connectivity index (χ2v) is 5.91. The zero-order chi connectivity index (χ0) is 22.6. The van der Waals surface area contributed by atoms with Gasteiger partial charge in [-0.2, -0.15) is 18.3 Å². The third-order valence-corrected chi connectivity index (χ3v) is 3.68. The molecule has 3 aromatic rings. The van der Waals surface area contributed by atoms with Crippen LogP contribution in [0.5, 0.6) is 11.5 Å². The number of benzene rings is 1. The lowest BCUT2D eigenvalue weighted by Crippen LogP contribution is -2.27. The van der Waals surface area contributed by atoms with Crippen LogP contribution in [-0.4, -0.2) is 27.2 Å². The summed E-state index contributed by atoms with van der Waals surface area (Å²) in [5.41, 5.74) is -1.06. The lowest BCUT2D eigenvalue weighted by molar-refractivity contribution is -0.274. The lowest BCUT2D eigenvalue weighted by Gasteiger charge is -2.13. The topological polar surface area (TPSA) is 78.3 Å². The highest BCUT2D eigenvalue weighted by Crippen LogP contribution is 2.38. The highest BCUT2D eigenvalue weighted by molar-refractivity contribution is 5.70. The number of amides is 1. The summed E-state index contributed by atoms with van der Waals surface area (Å²) in [5.74, 6) is -1.50. The highest BCUT2D eigenvalue weighted by Gasteiger charge is 2.40. The molecule has 0 bridgehead atoms. The molecule has 0 saturated heterocycles. The molecule has 0 aliphatic heterocycles. The predicted octanol–water partition coefficient (Wildman–Crippen LogP) is 4.47. The molecule has 1 aromatic carbocycles. The molecule has 0 aliphatic rings. The van der Waals surface area contributed by atoms with Crippen LogP contribution >= 0.6 is 0 Å². The Hall–Kier alpha value is -3.77. The summed E-state index contributed by atoms with van der Waals surface area (Å²) in [6.45, 7) is -0.0389. The Labute approximate surface area is 170 Å². The number of ether oxygens (including phenoxy) is 2.